The van der Waals surface area contributed by atoms with Crippen LogP contribution >= 0.6 is 0 Å². The van der Waals surface area contributed by atoms with Crippen LogP contribution in [0, 0.1) is 6.92 Å². The van der Waals surface area contributed by atoms with E-state index in [2.05, 4.69) is 36.2 Å². The third kappa shape index (κ3) is 4.57. The van der Waals surface area contributed by atoms with E-state index < -0.39 is 0 Å². The van der Waals surface area contributed by atoms with Crippen molar-refractivity contribution in [1.29, 1.82) is 0 Å². The van der Waals surface area contributed by atoms with Gasteiger partial charge in [0.25, 0.3) is 0 Å². The van der Waals surface area contributed by atoms with Crippen LogP contribution in [0.3, 0.4) is 0 Å². The summed E-state index contributed by atoms with van der Waals surface area (Å²) in [6.45, 7) is 7.07. The number of nitrogens with one attached hydrogen (secondary N) is 1. The number of carbonyl (C=O) groups excluding carboxylic acids is 1. The van der Waals surface area contributed by atoms with Gasteiger partial charge in [-0.25, -0.2) is 0 Å². The maximum atomic E-state index is 12.5. The maximum absolute atomic E-state index is 12.5. The molecule has 1 fully saturated rings. The molecule has 0 aromatic heterocycles. The summed E-state index contributed by atoms with van der Waals surface area (Å²) >= 11 is 0. The fourth-order valence-electron chi connectivity index (χ4n) is 3.03. The lowest BCUT2D eigenvalue weighted by Gasteiger charge is -2.34. The first-order valence-corrected chi connectivity index (χ1v) is 8.28. The summed E-state index contributed by atoms with van der Waals surface area (Å²) in [7, 11) is 0. The summed E-state index contributed by atoms with van der Waals surface area (Å²) in [6.07, 6.45) is 5.77. The first-order valence-electron chi connectivity index (χ1n) is 8.28. The molecule has 1 heterocycles. The smallest absolute Gasteiger partial charge is 0.237 e. The average Bonchev–Trinajstić information content (AvgIpc) is 2.52. The van der Waals surface area contributed by atoms with Crippen molar-refractivity contribution in [3.8, 4) is 0 Å². The molecule has 0 radical (unpaired) electrons. The zero-order valence-electron chi connectivity index (χ0n) is 13.4. The number of carbonyl (C=O) groups is 1. The summed E-state index contributed by atoms with van der Waals surface area (Å²) in [5.41, 5.74) is 2.45. The van der Waals surface area contributed by atoms with E-state index in [0.717, 1.165) is 19.5 Å². The molecule has 3 heteroatoms. The Hall–Kier alpha value is -1.35. The Morgan fingerprint density at radius 2 is 2.14 bits per heavy atom. The molecule has 0 aliphatic carbocycles. The van der Waals surface area contributed by atoms with Gasteiger partial charge in [-0.3, -0.25) is 9.69 Å². The number of unbranched alkanes of at least 4 members (excludes halogenated alkanes) is 1. The van der Waals surface area contributed by atoms with E-state index in [1.165, 1.54) is 36.8 Å². The summed E-state index contributed by atoms with van der Waals surface area (Å²) < 4.78 is 0. The molecule has 1 aliphatic rings. The van der Waals surface area contributed by atoms with Crippen LogP contribution in [0.5, 0.6) is 0 Å². The van der Waals surface area contributed by atoms with Gasteiger partial charge in [-0.05, 0) is 50.4 Å². The van der Waals surface area contributed by atoms with E-state index in [0.29, 0.717) is 6.54 Å². The van der Waals surface area contributed by atoms with Crippen molar-refractivity contribution >= 4 is 5.91 Å². The minimum absolute atomic E-state index is 0.0781. The van der Waals surface area contributed by atoms with Crippen LogP contribution in [0.2, 0.25) is 0 Å². The Balaban J connectivity index is 1.90. The highest BCUT2D eigenvalue weighted by atomic mass is 16.2. The number of hydrogen-bond acceptors (Lipinski definition) is 2. The Labute approximate surface area is 128 Å². The lowest BCUT2D eigenvalue weighted by Crippen LogP contribution is -2.49. The zero-order valence-corrected chi connectivity index (χ0v) is 13.4. The van der Waals surface area contributed by atoms with Crippen molar-refractivity contribution < 1.29 is 4.79 Å². The Morgan fingerprint density at radius 3 is 2.90 bits per heavy atom. The molecular formula is C18H28N2O. The van der Waals surface area contributed by atoms with Gasteiger partial charge in [0.15, 0.2) is 0 Å². The largest absolute Gasteiger partial charge is 0.351 e. The molecule has 1 unspecified atom stereocenters. The van der Waals surface area contributed by atoms with Crippen molar-refractivity contribution in [1.82, 2.24) is 10.2 Å². The first-order chi connectivity index (χ1) is 10.2. The Morgan fingerprint density at radius 1 is 1.33 bits per heavy atom. The predicted molar refractivity (Wildman–Crippen MR) is 87.1 cm³/mol. The number of hydrogen-bond donors (Lipinski definition) is 1. The van der Waals surface area contributed by atoms with E-state index >= 15 is 0 Å². The normalized spacial score (nSPS) is 19.4. The zero-order chi connectivity index (χ0) is 15.1. The van der Waals surface area contributed by atoms with Gasteiger partial charge in [0.05, 0.1) is 6.04 Å². The standard InChI is InChI=1S/C18H28N2O/c1-3-4-12-20-13-8-7-11-17(20)18(21)19-14-16-10-6-5-9-15(16)2/h5-6,9-10,17H,3-4,7-8,11-14H2,1-2H3,(H,19,21). The molecule has 1 aromatic carbocycles. The number of likely N-dealkylation sites (tertiary alicyclic amines) is 1. The number of rotatable bonds is 6. The van der Waals surface area contributed by atoms with Gasteiger partial charge < -0.3 is 5.32 Å². The molecule has 2 rings (SSSR count). The fraction of sp³-hybridized carbons (Fsp3) is 0.611. The highest BCUT2D eigenvalue weighted by molar-refractivity contribution is 5.81. The van der Waals surface area contributed by atoms with Gasteiger partial charge in [0.1, 0.15) is 0 Å². The number of nitrogens with zero attached hydrogens (tertiary/aromatic N) is 1. The molecule has 1 atom stereocenters. The monoisotopic (exact) mass is 288 g/mol. The number of aryl methyl sites for hydroxylation is 1. The van der Waals surface area contributed by atoms with Gasteiger partial charge in [-0.15, -0.1) is 0 Å². The van der Waals surface area contributed by atoms with Crippen molar-refractivity contribution in [2.45, 2.75) is 58.5 Å². The van der Waals surface area contributed by atoms with Crippen LogP contribution in [0.15, 0.2) is 24.3 Å². The molecule has 0 bridgehead atoms. The Bertz CT molecular complexity index is 458. The third-order valence-corrected chi connectivity index (χ3v) is 4.43. The van der Waals surface area contributed by atoms with Crippen molar-refractivity contribution in [3.05, 3.63) is 35.4 Å². The molecule has 0 saturated carbocycles. The second-order valence-corrected chi connectivity index (χ2v) is 6.05. The highest BCUT2D eigenvalue weighted by Crippen LogP contribution is 2.18. The van der Waals surface area contributed by atoms with Crippen LogP contribution in [-0.4, -0.2) is 29.9 Å². The van der Waals surface area contributed by atoms with Crippen LogP contribution < -0.4 is 5.32 Å². The second-order valence-electron chi connectivity index (χ2n) is 6.05. The lowest BCUT2D eigenvalue weighted by molar-refractivity contribution is -0.127. The Kier molecular flexibility index (Phi) is 6.24. The predicted octanol–water partition coefficient (Wildman–Crippen LogP) is 3.27. The van der Waals surface area contributed by atoms with E-state index in [9.17, 15) is 4.79 Å². The molecule has 1 saturated heterocycles. The summed E-state index contributed by atoms with van der Waals surface area (Å²) in [6, 6.07) is 8.33. The molecular weight excluding hydrogens is 260 g/mol. The van der Waals surface area contributed by atoms with Gasteiger partial charge in [0.2, 0.25) is 5.91 Å². The van der Waals surface area contributed by atoms with Gasteiger partial charge >= 0.3 is 0 Å². The molecule has 21 heavy (non-hydrogen) atoms. The molecule has 1 N–H and O–H groups in total. The van der Waals surface area contributed by atoms with Crippen LogP contribution in [0.1, 0.15) is 50.2 Å². The van der Waals surface area contributed by atoms with Crippen LogP contribution in [0.4, 0.5) is 0 Å². The quantitative estimate of drug-likeness (QED) is 0.871. The summed E-state index contributed by atoms with van der Waals surface area (Å²) in [5.74, 6) is 0.203. The molecule has 1 amide bonds. The van der Waals surface area contributed by atoms with Gasteiger partial charge in [-0.1, -0.05) is 44.0 Å². The summed E-state index contributed by atoms with van der Waals surface area (Å²) in [4.78, 5) is 14.9. The van der Waals surface area contributed by atoms with Crippen molar-refractivity contribution in [2.75, 3.05) is 13.1 Å². The third-order valence-electron chi connectivity index (χ3n) is 4.43. The van der Waals surface area contributed by atoms with Crippen LogP contribution in [0.25, 0.3) is 0 Å². The molecule has 1 aromatic rings. The van der Waals surface area contributed by atoms with Gasteiger partial charge in [-0.2, -0.15) is 0 Å². The number of amides is 1. The van der Waals surface area contributed by atoms with E-state index in [1.54, 1.807) is 0 Å². The van der Waals surface area contributed by atoms with Crippen LogP contribution in [-0.2, 0) is 11.3 Å². The molecule has 1 aliphatic heterocycles. The van der Waals surface area contributed by atoms with Gasteiger partial charge in [0, 0.05) is 6.54 Å². The van der Waals surface area contributed by atoms with E-state index in [1.807, 2.05) is 12.1 Å². The van der Waals surface area contributed by atoms with Crippen molar-refractivity contribution in [2.24, 2.45) is 0 Å². The summed E-state index contributed by atoms with van der Waals surface area (Å²) in [5, 5.41) is 3.14. The SMILES string of the molecule is CCCCN1CCCCC1C(=O)NCc1ccccc1C. The molecule has 116 valence electrons. The fourth-order valence-corrected chi connectivity index (χ4v) is 3.03. The minimum Gasteiger partial charge on any atom is -0.351 e. The number of piperidine rings is 1. The van der Waals surface area contributed by atoms with Crippen molar-refractivity contribution in [3.63, 3.8) is 0 Å². The molecule has 0 spiro atoms. The highest BCUT2D eigenvalue weighted by Gasteiger charge is 2.27. The first kappa shape index (κ1) is 16.0. The average molecular weight is 288 g/mol. The van der Waals surface area contributed by atoms with E-state index in [4.69, 9.17) is 0 Å². The molecule has 3 nitrogen and oxygen atoms in total. The lowest BCUT2D eigenvalue weighted by atomic mass is 10.0. The minimum atomic E-state index is 0.0781. The van der Waals surface area contributed by atoms with E-state index in [-0.39, 0.29) is 11.9 Å². The maximum Gasteiger partial charge on any atom is 0.237 e. The number of benzene rings is 1. The topological polar surface area (TPSA) is 32.3 Å². The second kappa shape index (κ2) is 8.18.